The molecule has 0 unspecified atom stereocenters. The maximum absolute atomic E-state index is 10.9. The van der Waals surface area contributed by atoms with E-state index in [1.54, 1.807) is 19.5 Å². The second kappa shape index (κ2) is 24.3. The van der Waals surface area contributed by atoms with Crippen LogP contribution >= 0.6 is 0 Å². The predicted molar refractivity (Wildman–Crippen MR) is 174 cm³/mol. The summed E-state index contributed by atoms with van der Waals surface area (Å²) >= 11 is 0. The molecule has 0 atom stereocenters. The number of hydrazine groups is 1. The summed E-state index contributed by atoms with van der Waals surface area (Å²) in [6.07, 6.45) is 18.0. The maximum Gasteiger partial charge on any atom is 0.308 e. The molecule has 238 valence electrons. The highest BCUT2D eigenvalue weighted by Gasteiger charge is 2.21. The molecule has 1 aliphatic rings. The minimum atomic E-state index is -0.0142. The first-order valence-electron chi connectivity index (χ1n) is 15.4. The topological polar surface area (TPSA) is 107 Å². The molecule has 0 spiro atoms. The van der Waals surface area contributed by atoms with E-state index in [0.717, 1.165) is 60.4 Å². The molecule has 1 heterocycles. The molecule has 9 nitrogen and oxygen atoms in total. The molecule has 42 heavy (non-hydrogen) atoms. The van der Waals surface area contributed by atoms with Crippen LogP contribution in [0.5, 0.6) is 5.88 Å². The summed E-state index contributed by atoms with van der Waals surface area (Å²) in [7, 11) is 5.01. The van der Waals surface area contributed by atoms with Crippen LogP contribution in [0.1, 0.15) is 99.8 Å². The summed E-state index contributed by atoms with van der Waals surface area (Å²) in [5.74, 6) is 2.18. The van der Waals surface area contributed by atoms with E-state index in [4.69, 9.17) is 9.47 Å². The number of hydrogen-bond acceptors (Lipinski definition) is 9. The number of nitrogens with zero attached hydrogens (tertiary/aromatic N) is 2. The van der Waals surface area contributed by atoms with Gasteiger partial charge in [0.05, 0.1) is 44.8 Å². The van der Waals surface area contributed by atoms with Gasteiger partial charge in [-0.3, -0.25) is 9.78 Å². The molecular formula is C33H57N5O4. The van der Waals surface area contributed by atoms with Crippen LogP contribution < -0.4 is 20.9 Å². The van der Waals surface area contributed by atoms with Crippen molar-refractivity contribution in [3.63, 3.8) is 0 Å². The summed E-state index contributed by atoms with van der Waals surface area (Å²) in [4.78, 5) is 19.6. The summed E-state index contributed by atoms with van der Waals surface area (Å²) < 4.78 is 15.7. The molecule has 0 aliphatic heterocycles. The third kappa shape index (κ3) is 15.1. The van der Waals surface area contributed by atoms with Crippen molar-refractivity contribution in [2.75, 3.05) is 33.2 Å². The first-order chi connectivity index (χ1) is 20.3. The molecule has 0 radical (unpaired) electrons. The Morgan fingerprint density at radius 2 is 1.69 bits per heavy atom. The van der Waals surface area contributed by atoms with Crippen molar-refractivity contribution < 1.29 is 19.0 Å². The predicted octanol–water partition coefficient (Wildman–Crippen LogP) is 7.62. The minimum absolute atomic E-state index is 0.0142. The van der Waals surface area contributed by atoms with Crippen molar-refractivity contribution >= 4 is 11.8 Å². The van der Waals surface area contributed by atoms with Crippen LogP contribution in [0, 0.1) is 5.92 Å². The first kappa shape index (κ1) is 38.7. The van der Waals surface area contributed by atoms with Crippen LogP contribution in [0.3, 0.4) is 0 Å². The van der Waals surface area contributed by atoms with Crippen LogP contribution in [-0.4, -0.2) is 43.8 Å². The largest absolute Gasteiger partial charge is 0.497 e. The summed E-state index contributed by atoms with van der Waals surface area (Å²) in [6, 6.07) is 0. The number of nitrogens with one attached hydrogen (secondary N) is 3. The number of esters is 1. The second-order valence-electron chi connectivity index (χ2n) is 9.52. The lowest BCUT2D eigenvalue weighted by Gasteiger charge is -2.18. The Balaban J connectivity index is 0.00000116. The molecule has 0 bridgehead atoms. The van der Waals surface area contributed by atoms with E-state index in [0.29, 0.717) is 18.3 Å². The molecule has 0 saturated heterocycles. The standard InChI is InChI=1S/C23H37N5O2.C8H14O2.C2H6/c1-8-11-17(4)20(29-7)14-13-18(5)23(28-24-6)19(12-9-2)26-21-15-25-16-22(27-21)30-10-3;1-10-8(9)7-5-3-2-4-6-7;1-2/h11,13-16,24,28H,8-10,12H2,1-7H3,(H,26,27);7H,2-6H2,1H3;1-2H3/b17-11+,18-13+,20-14+,23-19+;;. The van der Waals surface area contributed by atoms with Gasteiger partial charge in [0.1, 0.15) is 5.76 Å². The van der Waals surface area contributed by atoms with E-state index < -0.39 is 0 Å². The zero-order valence-corrected chi connectivity index (χ0v) is 27.9. The van der Waals surface area contributed by atoms with Gasteiger partial charge in [0.15, 0.2) is 5.82 Å². The van der Waals surface area contributed by atoms with Crippen LogP contribution in [-0.2, 0) is 14.3 Å². The Morgan fingerprint density at radius 3 is 2.24 bits per heavy atom. The average Bonchev–Trinajstić information content (AvgIpc) is 3.01. The monoisotopic (exact) mass is 587 g/mol. The summed E-state index contributed by atoms with van der Waals surface area (Å²) in [5, 5.41) is 3.41. The van der Waals surface area contributed by atoms with Crippen molar-refractivity contribution in [2.45, 2.75) is 99.8 Å². The lowest BCUT2D eigenvalue weighted by atomic mass is 9.89. The number of hydrogen-bond donors (Lipinski definition) is 3. The van der Waals surface area contributed by atoms with Gasteiger partial charge in [0.25, 0.3) is 0 Å². The molecule has 1 saturated carbocycles. The van der Waals surface area contributed by atoms with E-state index in [9.17, 15) is 4.79 Å². The number of aromatic nitrogens is 2. The molecule has 1 aromatic rings. The fraction of sp³-hybridized carbons (Fsp3) is 0.606. The molecule has 1 aliphatic carbocycles. The van der Waals surface area contributed by atoms with Gasteiger partial charge in [-0.2, -0.15) is 4.98 Å². The summed E-state index contributed by atoms with van der Waals surface area (Å²) in [6.45, 7) is 14.8. The Labute approximate surface area is 255 Å². The van der Waals surface area contributed by atoms with Gasteiger partial charge in [-0.05, 0) is 63.7 Å². The molecule has 2 rings (SSSR count). The van der Waals surface area contributed by atoms with E-state index in [-0.39, 0.29) is 11.9 Å². The first-order valence-corrected chi connectivity index (χ1v) is 15.4. The lowest BCUT2D eigenvalue weighted by molar-refractivity contribution is -0.146. The molecular weight excluding hydrogens is 530 g/mol. The third-order valence-corrected chi connectivity index (χ3v) is 6.37. The number of carbonyl (C=O) groups excluding carboxylic acids is 1. The SMILES string of the molecule is CC.CC/C=C(C)/C(=C\C=C(C)\C(NNC)=C(\CCC)Nc1cncc(OCC)n1)OC.COC(=O)C1CCCCC1. The van der Waals surface area contributed by atoms with Gasteiger partial charge in [-0.1, -0.05) is 65.5 Å². The number of ether oxygens (including phenoxy) is 3. The van der Waals surface area contributed by atoms with Crippen molar-refractivity contribution in [2.24, 2.45) is 5.92 Å². The lowest BCUT2D eigenvalue weighted by Crippen LogP contribution is -2.30. The summed E-state index contributed by atoms with van der Waals surface area (Å²) in [5.41, 5.74) is 10.4. The molecule has 9 heteroatoms. The van der Waals surface area contributed by atoms with Crippen molar-refractivity contribution in [3.8, 4) is 5.88 Å². The van der Waals surface area contributed by atoms with E-state index >= 15 is 0 Å². The normalized spacial score (nSPS) is 14.8. The van der Waals surface area contributed by atoms with Gasteiger partial charge >= 0.3 is 5.97 Å². The van der Waals surface area contributed by atoms with Crippen LogP contribution in [0.2, 0.25) is 0 Å². The number of methoxy groups -OCH3 is 2. The van der Waals surface area contributed by atoms with Crippen LogP contribution in [0.4, 0.5) is 5.82 Å². The van der Waals surface area contributed by atoms with Gasteiger partial charge in [0.2, 0.25) is 5.88 Å². The minimum Gasteiger partial charge on any atom is -0.497 e. The van der Waals surface area contributed by atoms with E-state index in [1.807, 2.05) is 40.0 Å². The van der Waals surface area contributed by atoms with Crippen molar-refractivity contribution in [3.05, 3.63) is 58.9 Å². The Morgan fingerprint density at radius 1 is 1.00 bits per heavy atom. The van der Waals surface area contributed by atoms with Gasteiger partial charge in [0, 0.05) is 12.7 Å². The smallest absolute Gasteiger partial charge is 0.308 e. The quantitative estimate of drug-likeness (QED) is 0.0877. The number of rotatable bonds is 14. The van der Waals surface area contributed by atoms with Crippen LogP contribution in [0.15, 0.2) is 58.9 Å². The van der Waals surface area contributed by atoms with Crippen molar-refractivity contribution in [1.29, 1.82) is 0 Å². The average molecular weight is 588 g/mol. The molecule has 0 amide bonds. The second-order valence-corrected chi connectivity index (χ2v) is 9.52. The zero-order chi connectivity index (χ0) is 31.8. The molecule has 3 N–H and O–H groups in total. The van der Waals surface area contributed by atoms with Crippen LogP contribution in [0.25, 0.3) is 0 Å². The van der Waals surface area contributed by atoms with Gasteiger partial charge in [-0.25, -0.2) is 5.43 Å². The van der Waals surface area contributed by atoms with E-state index in [1.165, 1.54) is 26.4 Å². The van der Waals surface area contributed by atoms with E-state index in [2.05, 4.69) is 64.6 Å². The Kier molecular flexibility index (Phi) is 22.4. The van der Waals surface area contributed by atoms with Gasteiger partial charge in [-0.15, -0.1) is 0 Å². The molecule has 0 aromatic carbocycles. The fourth-order valence-electron chi connectivity index (χ4n) is 4.37. The Hall–Kier alpha value is -3.33. The maximum atomic E-state index is 10.9. The van der Waals surface area contributed by atoms with Gasteiger partial charge < -0.3 is 25.0 Å². The molecule has 1 fully saturated rings. The number of carbonyl (C=O) groups is 1. The highest BCUT2D eigenvalue weighted by Crippen LogP contribution is 2.24. The fourth-order valence-corrected chi connectivity index (χ4v) is 4.37. The zero-order valence-electron chi connectivity index (χ0n) is 27.9. The highest BCUT2D eigenvalue weighted by atomic mass is 16.5. The Bertz CT molecular complexity index is 1010. The third-order valence-electron chi connectivity index (χ3n) is 6.37. The number of anilines is 1. The van der Waals surface area contributed by atoms with Crippen molar-refractivity contribution in [1.82, 2.24) is 20.8 Å². The number of allylic oxidation sites excluding steroid dienone is 6. The molecule has 1 aromatic heterocycles. The highest BCUT2D eigenvalue weighted by molar-refractivity contribution is 5.72.